The number of hydrogen-bond acceptors (Lipinski definition) is 5. The fourth-order valence-electron chi connectivity index (χ4n) is 3.40. The van der Waals surface area contributed by atoms with E-state index in [9.17, 15) is 4.79 Å². The largest absolute Gasteiger partial charge is 0.494 e. The summed E-state index contributed by atoms with van der Waals surface area (Å²) >= 11 is 6.52. The summed E-state index contributed by atoms with van der Waals surface area (Å²) in [5.41, 5.74) is 4.33. The van der Waals surface area contributed by atoms with Crippen molar-refractivity contribution in [3.8, 4) is 5.75 Å². The molecule has 1 amide bonds. The van der Waals surface area contributed by atoms with Crippen molar-refractivity contribution in [2.45, 2.75) is 46.6 Å². The number of ether oxygens (including phenoxy) is 2. The van der Waals surface area contributed by atoms with Crippen molar-refractivity contribution in [1.29, 1.82) is 0 Å². The molecule has 0 spiro atoms. The smallest absolute Gasteiger partial charge is 0.316 e. The number of rotatable bonds is 8. The van der Waals surface area contributed by atoms with Gasteiger partial charge in [-0.3, -0.25) is 4.79 Å². The molecular formula is C27H32ClN3O3. The Kier molecular flexibility index (Phi) is 9.28. The minimum atomic E-state index is -0.0684. The number of halogens is 1. The topological polar surface area (TPSA) is 72.3 Å². The fourth-order valence-corrected chi connectivity index (χ4v) is 3.61. The molecular weight excluding hydrogens is 450 g/mol. The van der Waals surface area contributed by atoms with E-state index >= 15 is 0 Å². The van der Waals surface area contributed by atoms with Crippen LogP contribution in [-0.4, -0.2) is 31.4 Å². The summed E-state index contributed by atoms with van der Waals surface area (Å²) in [5, 5.41) is 3.52. The maximum atomic E-state index is 11.9. The van der Waals surface area contributed by atoms with E-state index in [2.05, 4.69) is 22.2 Å². The third-order valence-corrected chi connectivity index (χ3v) is 5.64. The molecule has 2 aromatic carbocycles. The zero-order valence-corrected chi connectivity index (χ0v) is 21.0. The zero-order valence-electron chi connectivity index (χ0n) is 20.2. The van der Waals surface area contributed by atoms with Gasteiger partial charge in [0.2, 0.25) is 5.91 Å². The normalized spacial score (nSPS) is 15.4. The molecule has 3 rings (SSSR count). The molecule has 0 atom stereocenters. The van der Waals surface area contributed by atoms with Gasteiger partial charge < -0.3 is 14.8 Å². The monoisotopic (exact) mass is 481 g/mol. The van der Waals surface area contributed by atoms with Crippen LogP contribution in [0.15, 0.2) is 58.5 Å². The van der Waals surface area contributed by atoms with Gasteiger partial charge >= 0.3 is 6.02 Å². The second kappa shape index (κ2) is 12.4. The van der Waals surface area contributed by atoms with Crippen molar-refractivity contribution < 1.29 is 14.3 Å². The third kappa shape index (κ3) is 6.94. The highest BCUT2D eigenvalue weighted by molar-refractivity contribution is 6.32. The Labute approximate surface area is 206 Å². The molecule has 0 aromatic heterocycles. The van der Waals surface area contributed by atoms with Gasteiger partial charge in [-0.05, 0) is 66.8 Å². The highest BCUT2D eigenvalue weighted by Gasteiger charge is 2.15. The number of methoxy groups -OCH3 is 1. The number of aliphatic imine (C=N–C) groups is 2. The van der Waals surface area contributed by atoms with Crippen LogP contribution in [-0.2, 0) is 16.1 Å². The van der Waals surface area contributed by atoms with Crippen LogP contribution in [0, 0.1) is 5.92 Å². The first-order valence-electron chi connectivity index (χ1n) is 11.6. The Morgan fingerprint density at radius 3 is 2.59 bits per heavy atom. The Balaban J connectivity index is 1.83. The zero-order chi connectivity index (χ0) is 24.5. The number of carbonyl (C=O) groups excluding carboxylic acids is 1. The first kappa shape index (κ1) is 25.5. The highest BCUT2D eigenvalue weighted by atomic mass is 35.5. The van der Waals surface area contributed by atoms with Gasteiger partial charge in [0.25, 0.3) is 0 Å². The summed E-state index contributed by atoms with van der Waals surface area (Å²) in [6, 6.07) is 13.9. The maximum Gasteiger partial charge on any atom is 0.316 e. The lowest BCUT2D eigenvalue weighted by Crippen LogP contribution is -2.27. The van der Waals surface area contributed by atoms with Gasteiger partial charge in [0, 0.05) is 23.0 Å². The molecule has 1 heterocycles. The minimum absolute atomic E-state index is 0.00758. The molecule has 34 heavy (non-hydrogen) atoms. The van der Waals surface area contributed by atoms with Crippen molar-refractivity contribution in [3.63, 3.8) is 0 Å². The van der Waals surface area contributed by atoms with E-state index in [1.807, 2.05) is 62.4 Å². The number of hydrogen-bond donors (Lipinski definition) is 1. The molecule has 0 radical (unpaired) electrons. The van der Waals surface area contributed by atoms with Gasteiger partial charge in [0.1, 0.15) is 5.75 Å². The third-order valence-electron chi connectivity index (χ3n) is 5.31. The lowest BCUT2D eigenvalue weighted by molar-refractivity contribution is -0.124. The molecule has 0 unspecified atom stereocenters. The average Bonchev–Trinajstić information content (AvgIpc) is 2.82. The molecule has 0 fully saturated rings. The number of allylic oxidation sites excluding steroid dienone is 1. The van der Waals surface area contributed by atoms with Crippen molar-refractivity contribution in [2.24, 2.45) is 15.9 Å². The van der Waals surface area contributed by atoms with Crippen LogP contribution in [0.5, 0.6) is 5.75 Å². The Morgan fingerprint density at radius 2 is 1.91 bits per heavy atom. The molecule has 0 bridgehead atoms. The van der Waals surface area contributed by atoms with E-state index < -0.39 is 0 Å². The number of benzene rings is 2. The summed E-state index contributed by atoms with van der Waals surface area (Å²) < 4.78 is 11.2. The van der Waals surface area contributed by atoms with Crippen LogP contribution in [0.3, 0.4) is 0 Å². The Hall–Kier alpha value is -3.12. The van der Waals surface area contributed by atoms with Crippen molar-refractivity contribution in [1.82, 2.24) is 5.32 Å². The quantitative estimate of drug-likeness (QED) is 0.500. The van der Waals surface area contributed by atoms with E-state index in [1.165, 1.54) is 0 Å². The Bertz CT molecular complexity index is 1090. The molecule has 1 aliphatic rings. The molecule has 0 aliphatic carbocycles. The molecule has 0 saturated heterocycles. The fraction of sp³-hybridized carbons (Fsp3) is 0.370. The number of amides is 1. The second-order valence-electron chi connectivity index (χ2n) is 8.34. The van der Waals surface area contributed by atoms with Crippen LogP contribution in [0.1, 0.15) is 56.7 Å². The predicted octanol–water partition coefficient (Wildman–Crippen LogP) is 6.03. The van der Waals surface area contributed by atoms with Crippen molar-refractivity contribution >= 4 is 34.9 Å². The Morgan fingerprint density at radius 1 is 1.15 bits per heavy atom. The lowest BCUT2D eigenvalue weighted by Gasteiger charge is -2.14. The standard InChI is InChI=1S/C27H32ClN3O3/c1-5-15-34-21-12-10-20(11-13-21)24-7-6-8-25(31-27(30-24)33-4)22-16-19(9-14-23(22)28)17-29-26(32)18(2)3/h8-14,16,18H,5-7,15,17H2,1-4H3,(H,29,32)/b25-8+,30-24?,31-27?. The van der Waals surface area contributed by atoms with Crippen LogP contribution in [0.4, 0.5) is 0 Å². The van der Waals surface area contributed by atoms with Crippen LogP contribution in [0.25, 0.3) is 5.70 Å². The van der Waals surface area contributed by atoms with E-state index in [0.29, 0.717) is 23.9 Å². The minimum Gasteiger partial charge on any atom is -0.494 e. The molecule has 1 aliphatic heterocycles. The lowest BCUT2D eigenvalue weighted by atomic mass is 10.0. The average molecular weight is 482 g/mol. The first-order valence-corrected chi connectivity index (χ1v) is 12.0. The molecule has 2 aromatic rings. The van der Waals surface area contributed by atoms with Gasteiger partial charge in [0.05, 0.1) is 25.1 Å². The maximum absolute atomic E-state index is 11.9. The summed E-state index contributed by atoms with van der Waals surface area (Å²) in [4.78, 5) is 21.3. The van der Waals surface area contributed by atoms with E-state index in [4.69, 9.17) is 21.1 Å². The number of nitrogens with zero attached hydrogens (tertiary/aromatic N) is 2. The van der Waals surface area contributed by atoms with Crippen LogP contribution < -0.4 is 10.1 Å². The van der Waals surface area contributed by atoms with Gasteiger partial charge in [-0.15, -0.1) is 0 Å². The van der Waals surface area contributed by atoms with E-state index in [-0.39, 0.29) is 17.8 Å². The summed E-state index contributed by atoms with van der Waals surface area (Å²) in [7, 11) is 1.56. The van der Waals surface area contributed by atoms with Crippen LogP contribution >= 0.6 is 11.6 Å². The molecule has 1 N–H and O–H groups in total. The van der Waals surface area contributed by atoms with E-state index in [1.54, 1.807) is 7.11 Å². The number of amidine groups is 1. The van der Waals surface area contributed by atoms with E-state index in [0.717, 1.165) is 47.4 Å². The van der Waals surface area contributed by atoms with Crippen molar-refractivity contribution in [3.05, 3.63) is 70.3 Å². The summed E-state index contributed by atoms with van der Waals surface area (Å²) in [6.45, 7) is 6.94. The van der Waals surface area contributed by atoms with Gasteiger partial charge in [0.15, 0.2) is 0 Å². The number of nitrogens with one attached hydrogen (secondary N) is 1. The molecule has 7 heteroatoms. The predicted molar refractivity (Wildman–Crippen MR) is 139 cm³/mol. The first-order chi connectivity index (χ1) is 16.4. The van der Waals surface area contributed by atoms with Crippen LogP contribution in [0.2, 0.25) is 5.02 Å². The molecule has 180 valence electrons. The highest BCUT2D eigenvalue weighted by Crippen LogP contribution is 2.29. The van der Waals surface area contributed by atoms with Gasteiger partial charge in [-0.1, -0.05) is 44.5 Å². The second-order valence-corrected chi connectivity index (χ2v) is 8.75. The summed E-state index contributed by atoms with van der Waals surface area (Å²) in [5.74, 6) is 0.785. The van der Waals surface area contributed by atoms with Gasteiger partial charge in [-0.25, -0.2) is 0 Å². The summed E-state index contributed by atoms with van der Waals surface area (Å²) in [6.07, 6.45) is 4.48. The SMILES string of the molecule is CCCOc1ccc(C2=NC(OC)=N/C(c3cc(CNC(=O)C(C)C)ccc3Cl)=C/CC2)cc1. The molecule has 6 nitrogen and oxygen atoms in total. The number of carbonyl (C=O) groups is 1. The molecule has 0 saturated carbocycles. The van der Waals surface area contributed by atoms with Crippen molar-refractivity contribution in [2.75, 3.05) is 13.7 Å². The van der Waals surface area contributed by atoms with Gasteiger partial charge in [-0.2, -0.15) is 9.98 Å².